The first kappa shape index (κ1) is 18.4. The van der Waals surface area contributed by atoms with Crippen molar-refractivity contribution in [2.24, 2.45) is 0 Å². The van der Waals surface area contributed by atoms with Crippen molar-refractivity contribution in [2.75, 3.05) is 0 Å². The number of aryl methyl sites for hydroxylation is 2. The number of hydrogen-bond donors (Lipinski definition) is 1. The Kier molecular flexibility index (Phi) is 4.75. The van der Waals surface area contributed by atoms with E-state index >= 15 is 0 Å². The lowest BCUT2D eigenvalue weighted by molar-refractivity contribution is -0.141. The van der Waals surface area contributed by atoms with Crippen LogP contribution in [0.15, 0.2) is 48.3 Å². The number of Topliss-reactive ketones (excluding diaryl/α,β-unsaturated/α-hetero) is 1. The lowest BCUT2D eigenvalue weighted by Gasteiger charge is -2.30. The summed E-state index contributed by atoms with van der Waals surface area (Å²) in [4.78, 5) is 31.9. The van der Waals surface area contributed by atoms with E-state index < -0.39 is 17.7 Å². The Balaban J connectivity index is 1.92. The lowest BCUT2D eigenvalue weighted by Crippen LogP contribution is -2.37. The SMILES string of the molecule is Cc1ccc(C)c(/C(O)=C2\C(=O)C(=O)N(C3CCCC3)C2c2cccnc2)c1. The molecule has 1 aromatic heterocycles. The number of rotatable bonds is 3. The van der Waals surface area contributed by atoms with Crippen LogP contribution in [0, 0.1) is 13.8 Å². The van der Waals surface area contributed by atoms with Crippen LogP contribution >= 0.6 is 0 Å². The molecule has 2 aliphatic rings. The Morgan fingerprint density at radius 2 is 1.89 bits per heavy atom. The molecule has 5 heteroatoms. The van der Waals surface area contributed by atoms with Gasteiger partial charge in [0.2, 0.25) is 0 Å². The van der Waals surface area contributed by atoms with Gasteiger partial charge in [-0.3, -0.25) is 14.6 Å². The molecule has 1 aliphatic heterocycles. The number of hydrogen-bond acceptors (Lipinski definition) is 4. The predicted octanol–water partition coefficient (Wildman–Crippen LogP) is 4.06. The van der Waals surface area contributed by atoms with Crippen molar-refractivity contribution >= 4 is 17.4 Å². The fourth-order valence-electron chi connectivity index (χ4n) is 4.41. The van der Waals surface area contributed by atoms with Crippen LogP contribution in [0.1, 0.15) is 54.0 Å². The molecule has 4 rings (SSSR count). The maximum Gasteiger partial charge on any atom is 0.295 e. The summed E-state index contributed by atoms with van der Waals surface area (Å²) in [6.45, 7) is 3.83. The van der Waals surface area contributed by atoms with Gasteiger partial charge in [0, 0.05) is 24.0 Å². The average molecular weight is 376 g/mol. The van der Waals surface area contributed by atoms with Crippen molar-refractivity contribution in [1.29, 1.82) is 0 Å². The van der Waals surface area contributed by atoms with Crippen LogP contribution in [-0.4, -0.2) is 32.7 Å². The molecule has 28 heavy (non-hydrogen) atoms. The molecule has 1 saturated carbocycles. The second-order valence-corrected chi connectivity index (χ2v) is 7.75. The number of aliphatic hydroxyl groups is 1. The third-order valence-corrected chi connectivity index (χ3v) is 5.85. The van der Waals surface area contributed by atoms with Crippen LogP contribution in [0.2, 0.25) is 0 Å². The van der Waals surface area contributed by atoms with Gasteiger partial charge >= 0.3 is 0 Å². The van der Waals surface area contributed by atoms with Crippen molar-refractivity contribution < 1.29 is 14.7 Å². The fraction of sp³-hybridized carbons (Fsp3) is 0.348. The van der Waals surface area contributed by atoms with E-state index in [0.717, 1.165) is 42.4 Å². The molecule has 5 nitrogen and oxygen atoms in total. The summed E-state index contributed by atoms with van der Waals surface area (Å²) in [6, 6.07) is 8.80. The summed E-state index contributed by atoms with van der Waals surface area (Å²) in [7, 11) is 0. The highest BCUT2D eigenvalue weighted by molar-refractivity contribution is 6.46. The molecule has 0 radical (unpaired) electrons. The van der Waals surface area contributed by atoms with Gasteiger partial charge in [-0.1, -0.05) is 36.6 Å². The first-order chi connectivity index (χ1) is 13.5. The van der Waals surface area contributed by atoms with Gasteiger partial charge in [0.05, 0.1) is 11.6 Å². The smallest absolute Gasteiger partial charge is 0.295 e. The van der Waals surface area contributed by atoms with Gasteiger partial charge in [-0.05, 0) is 49.9 Å². The highest BCUT2D eigenvalue weighted by Gasteiger charge is 2.49. The maximum atomic E-state index is 13.0. The van der Waals surface area contributed by atoms with E-state index in [4.69, 9.17) is 0 Å². The monoisotopic (exact) mass is 376 g/mol. The second kappa shape index (κ2) is 7.23. The Labute approximate surface area is 164 Å². The summed E-state index contributed by atoms with van der Waals surface area (Å²) in [5.41, 5.74) is 3.35. The zero-order valence-corrected chi connectivity index (χ0v) is 16.2. The number of aliphatic hydroxyl groups excluding tert-OH is 1. The Hall–Kier alpha value is -2.95. The molecule has 1 atom stereocenters. The maximum absolute atomic E-state index is 13.0. The molecule has 2 aromatic rings. The van der Waals surface area contributed by atoms with E-state index in [1.54, 1.807) is 23.4 Å². The molecule has 1 aliphatic carbocycles. The molecular weight excluding hydrogens is 352 g/mol. The molecular formula is C23H24N2O3. The molecule has 1 N–H and O–H groups in total. The minimum Gasteiger partial charge on any atom is -0.507 e. The minimum absolute atomic E-state index is 0.0190. The molecule has 144 valence electrons. The van der Waals surface area contributed by atoms with Crippen LogP contribution in [0.25, 0.3) is 5.76 Å². The van der Waals surface area contributed by atoms with E-state index in [-0.39, 0.29) is 17.4 Å². The quantitative estimate of drug-likeness (QED) is 0.498. The topological polar surface area (TPSA) is 70.5 Å². The van der Waals surface area contributed by atoms with Gasteiger partial charge in [-0.25, -0.2) is 0 Å². The number of aromatic nitrogens is 1. The number of carbonyl (C=O) groups excluding carboxylic acids is 2. The van der Waals surface area contributed by atoms with E-state index in [9.17, 15) is 14.7 Å². The largest absolute Gasteiger partial charge is 0.507 e. The Morgan fingerprint density at radius 3 is 2.57 bits per heavy atom. The highest BCUT2D eigenvalue weighted by atomic mass is 16.3. The van der Waals surface area contributed by atoms with Crippen molar-refractivity contribution in [1.82, 2.24) is 9.88 Å². The third-order valence-electron chi connectivity index (χ3n) is 5.85. The normalized spacial score (nSPS) is 22.2. The lowest BCUT2D eigenvalue weighted by atomic mass is 9.93. The highest BCUT2D eigenvalue weighted by Crippen LogP contribution is 2.43. The second-order valence-electron chi connectivity index (χ2n) is 7.75. The van der Waals surface area contributed by atoms with Crippen LogP contribution in [-0.2, 0) is 9.59 Å². The molecule has 1 saturated heterocycles. The molecule has 2 fully saturated rings. The van der Waals surface area contributed by atoms with Crippen LogP contribution in [0.4, 0.5) is 0 Å². The molecule has 2 heterocycles. The van der Waals surface area contributed by atoms with Gasteiger partial charge in [0.25, 0.3) is 11.7 Å². The zero-order chi connectivity index (χ0) is 19.8. The molecule has 0 spiro atoms. The van der Waals surface area contributed by atoms with E-state index in [0.29, 0.717) is 5.56 Å². The molecule has 1 aromatic carbocycles. The summed E-state index contributed by atoms with van der Waals surface area (Å²) in [5.74, 6) is -1.24. The fourth-order valence-corrected chi connectivity index (χ4v) is 4.41. The van der Waals surface area contributed by atoms with Gasteiger partial charge in [0.15, 0.2) is 0 Å². The van der Waals surface area contributed by atoms with Crippen LogP contribution in [0.5, 0.6) is 0 Å². The first-order valence-corrected chi connectivity index (χ1v) is 9.76. The number of ketones is 1. The predicted molar refractivity (Wildman–Crippen MR) is 107 cm³/mol. The van der Waals surface area contributed by atoms with Crippen molar-refractivity contribution in [2.45, 2.75) is 51.6 Å². The van der Waals surface area contributed by atoms with Gasteiger partial charge in [-0.15, -0.1) is 0 Å². The van der Waals surface area contributed by atoms with E-state index in [1.165, 1.54) is 0 Å². The number of nitrogens with zero attached hydrogens (tertiary/aromatic N) is 2. The number of amides is 1. The third kappa shape index (κ3) is 3.01. The van der Waals surface area contributed by atoms with E-state index in [1.807, 2.05) is 38.1 Å². The Bertz CT molecular complexity index is 959. The molecule has 1 amide bonds. The first-order valence-electron chi connectivity index (χ1n) is 9.76. The van der Waals surface area contributed by atoms with Crippen molar-refractivity contribution in [3.63, 3.8) is 0 Å². The number of benzene rings is 1. The molecule has 1 unspecified atom stereocenters. The Morgan fingerprint density at radius 1 is 1.14 bits per heavy atom. The average Bonchev–Trinajstić information content (AvgIpc) is 3.31. The van der Waals surface area contributed by atoms with Crippen molar-refractivity contribution in [3.8, 4) is 0 Å². The number of carbonyl (C=O) groups is 2. The van der Waals surface area contributed by atoms with Gasteiger partial charge in [-0.2, -0.15) is 0 Å². The summed E-state index contributed by atoms with van der Waals surface area (Å²) < 4.78 is 0. The van der Waals surface area contributed by atoms with Crippen molar-refractivity contribution in [3.05, 3.63) is 70.6 Å². The minimum atomic E-state index is -0.612. The van der Waals surface area contributed by atoms with Crippen LogP contribution < -0.4 is 0 Å². The zero-order valence-electron chi connectivity index (χ0n) is 16.2. The summed E-state index contributed by atoms with van der Waals surface area (Å²) in [5, 5.41) is 11.2. The number of pyridine rings is 1. The molecule has 0 bridgehead atoms. The summed E-state index contributed by atoms with van der Waals surface area (Å²) in [6.07, 6.45) is 7.19. The summed E-state index contributed by atoms with van der Waals surface area (Å²) >= 11 is 0. The van der Waals surface area contributed by atoms with Crippen LogP contribution in [0.3, 0.4) is 0 Å². The number of likely N-dealkylation sites (tertiary alicyclic amines) is 1. The van der Waals surface area contributed by atoms with Gasteiger partial charge in [0.1, 0.15) is 5.76 Å². The van der Waals surface area contributed by atoms with Gasteiger partial charge < -0.3 is 10.0 Å². The van der Waals surface area contributed by atoms with E-state index in [2.05, 4.69) is 4.98 Å². The standard InChI is InChI=1S/C23H24N2O3/c1-14-9-10-15(2)18(12-14)21(26)19-20(16-6-5-11-24-13-16)25(23(28)22(19)27)17-7-3-4-8-17/h5-6,9-13,17,20,26H,3-4,7-8H2,1-2H3/b21-19+.